The summed E-state index contributed by atoms with van der Waals surface area (Å²) in [6.45, 7) is -1.67. The average molecular weight is 370 g/mol. The molecule has 0 unspecified atom stereocenters. The number of ether oxygens (including phenoxy) is 2. The van der Waals surface area contributed by atoms with Gasteiger partial charge in [0, 0.05) is 5.69 Å². The predicted octanol–water partition coefficient (Wildman–Crippen LogP) is 4.05. The minimum Gasteiger partial charge on any atom is -0.452 e. The van der Waals surface area contributed by atoms with Crippen molar-refractivity contribution >= 4 is 29.2 Å². The minimum atomic E-state index is -3.00. The molecule has 0 spiro atoms. The van der Waals surface area contributed by atoms with Gasteiger partial charge in [0.1, 0.15) is 5.75 Å². The normalized spacial score (nSPS) is 10.4. The Hall–Kier alpha value is -2.67. The van der Waals surface area contributed by atoms with Gasteiger partial charge in [0.25, 0.3) is 5.91 Å². The van der Waals surface area contributed by atoms with Gasteiger partial charge in [0.2, 0.25) is 0 Å². The maximum absolute atomic E-state index is 12.2. The van der Waals surface area contributed by atoms with Crippen LogP contribution in [-0.2, 0) is 9.53 Å². The van der Waals surface area contributed by atoms with Crippen LogP contribution < -0.4 is 10.1 Å². The Morgan fingerprint density at radius 1 is 1.20 bits per heavy atom. The number of aryl methyl sites for hydroxylation is 1. The second-order valence-electron chi connectivity index (χ2n) is 5.02. The van der Waals surface area contributed by atoms with Gasteiger partial charge < -0.3 is 14.8 Å². The lowest BCUT2D eigenvalue weighted by Gasteiger charge is -2.10. The van der Waals surface area contributed by atoms with E-state index in [1.165, 1.54) is 18.2 Å². The Labute approximate surface area is 147 Å². The zero-order valence-corrected chi connectivity index (χ0v) is 13.8. The molecule has 0 heterocycles. The number of amides is 1. The molecule has 1 amide bonds. The molecule has 0 bridgehead atoms. The summed E-state index contributed by atoms with van der Waals surface area (Å²) in [4.78, 5) is 23.7. The number of benzene rings is 2. The van der Waals surface area contributed by atoms with E-state index < -0.39 is 25.1 Å². The monoisotopic (exact) mass is 369 g/mol. The van der Waals surface area contributed by atoms with Crippen LogP contribution in [0.2, 0.25) is 5.02 Å². The lowest BCUT2D eigenvalue weighted by Crippen LogP contribution is -2.21. The van der Waals surface area contributed by atoms with Crippen LogP contribution in [0.15, 0.2) is 42.5 Å². The Bertz CT molecular complexity index is 783. The molecule has 0 aromatic heterocycles. The predicted molar refractivity (Wildman–Crippen MR) is 88.2 cm³/mol. The summed E-state index contributed by atoms with van der Waals surface area (Å²) >= 11 is 5.78. The molecule has 0 aliphatic heterocycles. The SMILES string of the molecule is Cc1cccc(C(=O)OCC(=O)Nc2ccc(OC(F)F)c(Cl)c2)c1. The molecule has 0 aliphatic rings. The largest absolute Gasteiger partial charge is 0.452 e. The summed E-state index contributed by atoms with van der Waals surface area (Å²) < 4.78 is 33.4. The van der Waals surface area contributed by atoms with Gasteiger partial charge >= 0.3 is 12.6 Å². The fourth-order valence-corrected chi connectivity index (χ4v) is 2.18. The van der Waals surface area contributed by atoms with E-state index in [9.17, 15) is 18.4 Å². The van der Waals surface area contributed by atoms with Gasteiger partial charge in [-0.3, -0.25) is 4.79 Å². The molecular weight excluding hydrogens is 356 g/mol. The second kappa shape index (κ2) is 8.43. The van der Waals surface area contributed by atoms with Crippen molar-refractivity contribution in [1.29, 1.82) is 0 Å². The summed E-state index contributed by atoms with van der Waals surface area (Å²) in [5, 5.41) is 2.35. The summed E-state index contributed by atoms with van der Waals surface area (Å²) in [6.07, 6.45) is 0. The van der Waals surface area contributed by atoms with Gasteiger partial charge in [-0.05, 0) is 37.3 Å². The lowest BCUT2D eigenvalue weighted by molar-refractivity contribution is -0.119. The first-order valence-electron chi connectivity index (χ1n) is 7.13. The van der Waals surface area contributed by atoms with Crippen molar-refractivity contribution in [2.24, 2.45) is 0 Å². The number of esters is 1. The topological polar surface area (TPSA) is 64.6 Å². The van der Waals surface area contributed by atoms with E-state index in [0.717, 1.165) is 5.56 Å². The summed E-state index contributed by atoms with van der Waals surface area (Å²) in [5.41, 5.74) is 1.48. The first kappa shape index (κ1) is 18.7. The van der Waals surface area contributed by atoms with Crippen molar-refractivity contribution in [3.8, 4) is 5.75 Å². The maximum Gasteiger partial charge on any atom is 0.387 e. The number of nitrogens with one attached hydrogen (secondary N) is 1. The average Bonchev–Trinajstić information content (AvgIpc) is 2.55. The Morgan fingerprint density at radius 3 is 2.60 bits per heavy atom. The third kappa shape index (κ3) is 5.72. The van der Waals surface area contributed by atoms with E-state index >= 15 is 0 Å². The molecule has 25 heavy (non-hydrogen) atoms. The maximum atomic E-state index is 12.2. The van der Waals surface area contributed by atoms with Crippen LogP contribution in [0.25, 0.3) is 0 Å². The quantitative estimate of drug-likeness (QED) is 0.780. The van der Waals surface area contributed by atoms with E-state index in [4.69, 9.17) is 16.3 Å². The zero-order valence-electron chi connectivity index (χ0n) is 13.1. The van der Waals surface area contributed by atoms with Crippen molar-refractivity contribution in [3.63, 3.8) is 0 Å². The zero-order chi connectivity index (χ0) is 18.4. The molecule has 0 radical (unpaired) electrons. The van der Waals surface area contributed by atoms with E-state index in [0.29, 0.717) is 5.56 Å². The van der Waals surface area contributed by atoms with Crippen LogP contribution in [-0.4, -0.2) is 25.1 Å². The van der Waals surface area contributed by atoms with Gasteiger partial charge in [0.15, 0.2) is 6.61 Å². The van der Waals surface area contributed by atoms with E-state index in [-0.39, 0.29) is 16.5 Å². The molecule has 5 nitrogen and oxygen atoms in total. The number of alkyl halides is 2. The van der Waals surface area contributed by atoms with E-state index in [2.05, 4.69) is 10.1 Å². The van der Waals surface area contributed by atoms with Crippen LogP contribution in [0.5, 0.6) is 5.75 Å². The highest BCUT2D eigenvalue weighted by atomic mass is 35.5. The van der Waals surface area contributed by atoms with Crippen molar-refractivity contribution in [1.82, 2.24) is 0 Å². The third-order valence-electron chi connectivity index (χ3n) is 3.02. The van der Waals surface area contributed by atoms with Gasteiger partial charge in [-0.2, -0.15) is 8.78 Å². The molecule has 0 atom stereocenters. The summed E-state index contributed by atoms with van der Waals surface area (Å²) in [7, 11) is 0. The lowest BCUT2D eigenvalue weighted by atomic mass is 10.1. The van der Waals surface area contributed by atoms with Gasteiger partial charge in [-0.25, -0.2) is 4.79 Å². The summed E-state index contributed by atoms with van der Waals surface area (Å²) in [5.74, 6) is -1.43. The number of rotatable bonds is 6. The molecule has 2 aromatic carbocycles. The number of carbonyl (C=O) groups is 2. The van der Waals surface area contributed by atoms with E-state index in [1.54, 1.807) is 18.2 Å². The standard InChI is InChI=1S/C17H14ClF2NO4/c1-10-3-2-4-11(7-10)16(23)24-9-15(22)21-12-5-6-14(13(18)8-12)25-17(19)20/h2-8,17H,9H2,1H3,(H,21,22). The molecule has 132 valence electrons. The van der Waals surface area contributed by atoms with Gasteiger partial charge in [-0.1, -0.05) is 29.3 Å². The molecular formula is C17H14ClF2NO4. The molecule has 0 saturated carbocycles. The Morgan fingerprint density at radius 2 is 1.96 bits per heavy atom. The highest BCUT2D eigenvalue weighted by Crippen LogP contribution is 2.28. The molecule has 0 fully saturated rings. The van der Waals surface area contributed by atoms with Crippen LogP contribution >= 0.6 is 11.6 Å². The van der Waals surface area contributed by atoms with Crippen molar-refractivity contribution < 1.29 is 27.8 Å². The molecule has 1 N–H and O–H groups in total. The van der Waals surface area contributed by atoms with Crippen molar-refractivity contribution in [2.45, 2.75) is 13.5 Å². The second-order valence-corrected chi connectivity index (χ2v) is 5.42. The number of hydrogen-bond donors (Lipinski definition) is 1. The van der Waals surface area contributed by atoms with Crippen LogP contribution in [0.3, 0.4) is 0 Å². The highest BCUT2D eigenvalue weighted by molar-refractivity contribution is 6.32. The van der Waals surface area contributed by atoms with E-state index in [1.807, 2.05) is 13.0 Å². The number of halogens is 3. The smallest absolute Gasteiger partial charge is 0.387 e. The first-order chi connectivity index (χ1) is 11.8. The molecule has 8 heteroatoms. The number of anilines is 1. The molecule has 2 aromatic rings. The number of hydrogen-bond acceptors (Lipinski definition) is 4. The van der Waals surface area contributed by atoms with Crippen LogP contribution in [0.4, 0.5) is 14.5 Å². The fourth-order valence-electron chi connectivity index (χ4n) is 1.95. The van der Waals surface area contributed by atoms with Crippen molar-refractivity contribution in [2.75, 3.05) is 11.9 Å². The van der Waals surface area contributed by atoms with Gasteiger partial charge in [-0.15, -0.1) is 0 Å². The Balaban J connectivity index is 1.90. The summed E-state index contributed by atoms with van der Waals surface area (Å²) in [6, 6.07) is 10.5. The van der Waals surface area contributed by atoms with Crippen molar-refractivity contribution in [3.05, 3.63) is 58.6 Å². The molecule has 0 saturated heterocycles. The van der Waals surface area contributed by atoms with Crippen LogP contribution in [0.1, 0.15) is 15.9 Å². The van der Waals surface area contributed by atoms with Crippen LogP contribution in [0, 0.1) is 6.92 Å². The number of carbonyl (C=O) groups excluding carboxylic acids is 2. The first-order valence-corrected chi connectivity index (χ1v) is 7.51. The third-order valence-corrected chi connectivity index (χ3v) is 3.32. The van der Waals surface area contributed by atoms with Gasteiger partial charge in [0.05, 0.1) is 10.6 Å². The molecule has 2 rings (SSSR count). The molecule has 0 aliphatic carbocycles. The Kier molecular flexibility index (Phi) is 6.30. The minimum absolute atomic E-state index is 0.0881. The fraction of sp³-hybridized carbons (Fsp3) is 0.176. The highest BCUT2D eigenvalue weighted by Gasteiger charge is 2.12.